The molecule has 1 aliphatic rings. The first-order valence-electron chi connectivity index (χ1n) is 7.94. The number of aromatic nitrogens is 3. The number of fused-ring (bicyclic) bond motifs is 1. The van der Waals surface area contributed by atoms with Crippen LogP contribution in [0.3, 0.4) is 0 Å². The molecule has 4 rings (SSSR count). The molecule has 0 atom stereocenters. The van der Waals surface area contributed by atoms with Crippen molar-refractivity contribution in [2.24, 2.45) is 0 Å². The lowest BCUT2D eigenvalue weighted by Crippen LogP contribution is -2.15. The van der Waals surface area contributed by atoms with Gasteiger partial charge in [0.05, 0.1) is 17.4 Å². The van der Waals surface area contributed by atoms with Crippen LogP contribution in [0.15, 0.2) is 48.7 Å². The molecule has 8 heteroatoms. The highest BCUT2D eigenvalue weighted by Gasteiger charge is 2.12. The molecule has 8 nitrogen and oxygen atoms in total. The highest BCUT2D eigenvalue weighted by Crippen LogP contribution is 2.33. The Bertz CT molecular complexity index is 985. The Kier molecular flexibility index (Phi) is 4.18. The number of nitrogens with one attached hydrogen (secondary N) is 2. The van der Waals surface area contributed by atoms with E-state index in [1.165, 1.54) is 6.20 Å². The van der Waals surface area contributed by atoms with Crippen LogP contribution in [0, 0.1) is 11.3 Å². The maximum atomic E-state index is 9.16. The van der Waals surface area contributed by atoms with Gasteiger partial charge in [-0.3, -0.25) is 0 Å². The van der Waals surface area contributed by atoms with E-state index in [1.807, 2.05) is 24.3 Å². The highest BCUT2D eigenvalue weighted by molar-refractivity contribution is 5.65. The van der Waals surface area contributed by atoms with E-state index in [-0.39, 0.29) is 5.95 Å². The van der Waals surface area contributed by atoms with Crippen LogP contribution >= 0.6 is 0 Å². The van der Waals surface area contributed by atoms with Gasteiger partial charge in [0.15, 0.2) is 17.3 Å². The van der Waals surface area contributed by atoms with Crippen LogP contribution in [0.5, 0.6) is 11.5 Å². The fourth-order valence-corrected chi connectivity index (χ4v) is 2.50. The number of nitriles is 1. The monoisotopic (exact) mass is 346 g/mol. The van der Waals surface area contributed by atoms with Crippen LogP contribution in [0.2, 0.25) is 0 Å². The van der Waals surface area contributed by atoms with E-state index in [0.717, 1.165) is 11.4 Å². The van der Waals surface area contributed by atoms with Gasteiger partial charge in [0.1, 0.15) is 19.3 Å². The number of benzene rings is 2. The van der Waals surface area contributed by atoms with Crippen molar-refractivity contribution < 1.29 is 9.47 Å². The summed E-state index contributed by atoms with van der Waals surface area (Å²) in [5.41, 5.74) is 1.91. The molecule has 0 bridgehead atoms. The molecule has 0 spiro atoms. The second-order valence-electron chi connectivity index (χ2n) is 5.43. The smallest absolute Gasteiger partial charge is 0.249 e. The summed E-state index contributed by atoms with van der Waals surface area (Å²) in [6.45, 7) is 1.08. The van der Waals surface area contributed by atoms with Crippen molar-refractivity contribution in [1.82, 2.24) is 15.2 Å². The number of anilines is 4. The molecule has 2 aromatic carbocycles. The third-order valence-electron chi connectivity index (χ3n) is 3.67. The third-order valence-corrected chi connectivity index (χ3v) is 3.67. The van der Waals surface area contributed by atoms with Gasteiger partial charge in [-0.25, -0.2) is 0 Å². The molecule has 0 amide bonds. The minimum Gasteiger partial charge on any atom is -0.486 e. The van der Waals surface area contributed by atoms with Gasteiger partial charge in [-0.1, -0.05) is 12.1 Å². The van der Waals surface area contributed by atoms with Gasteiger partial charge < -0.3 is 20.1 Å². The fourth-order valence-electron chi connectivity index (χ4n) is 2.50. The summed E-state index contributed by atoms with van der Waals surface area (Å²) in [4.78, 5) is 4.37. The standard InChI is InChI=1S/C18H14N6O2/c19-10-12-3-1-2-4-14(12)22-18-23-17(11-20-24-18)21-13-5-6-15-16(9-13)26-8-7-25-15/h1-6,9,11H,7-8H2,(H2,21,22,23,24). The van der Waals surface area contributed by atoms with Crippen LogP contribution < -0.4 is 20.1 Å². The summed E-state index contributed by atoms with van der Waals surface area (Å²) in [5.74, 6) is 2.20. The zero-order valence-electron chi connectivity index (χ0n) is 13.6. The highest BCUT2D eigenvalue weighted by atomic mass is 16.6. The summed E-state index contributed by atoms with van der Waals surface area (Å²) in [5, 5.41) is 23.2. The van der Waals surface area contributed by atoms with E-state index in [4.69, 9.17) is 14.7 Å². The van der Waals surface area contributed by atoms with Crippen LogP contribution in [0.4, 0.5) is 23.1 Å². The van der Waals surface area contributed by atoms with Crippen molar-refractivity contribution in [3.63, 3.8) is 0 Å². The van der Waals surface area contributed by atoms with Gasteiger partial charge in [-0.05, 0) is 24.3 Å². The third kappa shape index (κ3) is 3.32. The van der Waals surface area contributed by atoms with Crippen molar-refractivity contribution in [1.29, 1.82) is 5.26 Å². The quantitative estimate of drug-likeness (QED) is 0.743. The van der Waals surface area contributed by atoms with Crippen molar-refractivity contribution in [3.8, 4) is 17.6 Å². The summed E-state index contributed by atoms with van der Waals surface area (Å²) in [6.07, 6.45) is 1.51. The maximum absolute atomic E-state index is 9.16. The number of nitrogens with zero attached hydrogens (tertiary/aromatic N) is 4. The zero-order valence-corrected chi connectivity index (χ0v) is 13.6. The Morgan fingerprint density at radius 1 is 1.00 bits per heavy atom. The fraction of sp³-hybridized carbons (Fsp3) is 0.111. The Balaban J connectivity index is 1.54. The second kappa shape index (κ2) is 6.94. The molecule has 0 saturated carbocycles. The molecule has 1 aromatic heterocycles. The normalized spacial score (nSPS) is 12.1. The van der Waals surface area contributed by atoms with Gasteiger partial charge in [-0.15, -0.1) is 5.10 Å². The predicted molar refractivity (Wildman–Crippen MR) is 95.0 cm³/mol. The number of hydrogen-bond acceptors (Lipinski definition) is 8. The molecule has 0 radical (unpaired) electrons. The van der Waals surface area contributed by atoms with Crippen molar-refractivity contribution in [2.45, 2.75) is 0 Å². The Labute approximate surface area is 149 Å². The van der Waals surface area contributed by atoms with Crippen molar-refractivity contribution in [3.05, 3.63) is 54.2 Å². The van der Waals surface area contributed by atoms with Crippen molar-refractivity contribution in [2.75, 3.05) is 23.8 Å². The molecule has 0 aliphatic carbocycles. The maximum Gasteiger partial charge on any atom is 0.249 e. The van der Waals surface area contributed by atoms with Crippen LogP contribution in [0.1, 0.15) is 5.56 Å². The first-order chi connectivity index (χ1) is 12.8. The minimum atomic E-state index is 0.287. The van der Waals surface area contributed by atoms with E-state index < -0.39 is 0 Å². The molecule has 0 saturated heterocycles. The van der Waals surface area contributed by atoms with E-state index in [2.05, 4.69) is 31.9 Å². The number of rotatable bonds is 4. The van der Waals surface area contributed by atoms with E-state index in [9.17, 15) is 0 Å². The predicted octanol–water partition coefficient (Wildman–Crippen LogP) is 3.00. The molecular weight excluding hydrogens is 332 g/mol. The van der Waals surface area contributed by atoms with Gasteiger partial charge in [0.25, 0.3) is 0 Å². The average Bonchev–Trinajstić information content (AvgIpc) is 2.69. The Morgan fingerprint density at radius 2 is 1.85 bits per heavy atom. The number of para-hydroxylation sites is 1. The summed E-state index contributed by atoms with van der Waals surface area (Å²) >= 11 is 0. The van der Waals surface area contributed by atoms with Crippen LogP contribution in [-0.4, -0.2) is 28.4 Å². The van der Waals surface area contributed by atoms with Gasteiger partial charge in [0, 0.05) is 11.8 Å². The Morgan fingerprint density at radius 3 is 2.73 bits per heavy atom. The molecular formula is C18H14N6O2. The van der Waals surface area contributed by atoms with Crippen molar-refractivity contribution >= 4 is 23.1 Å². The molecule has 26 heavy (non-hydrogen) atoms. The van der Waals surface area contributed by atoms with E-state index >= 15 is 0 Å². The minimum absolute atomic E-state index is 0.287. The van der Waals surface area contributed by atoms with Crippen LogP contribution in [-0.2, 0) is 0 Å². The lowest BCUT2D eigenvalue weighted by Gasteiger charge is -2.19. The summed E-state index contributed by atoms with van der Waals surface area (Å²) in [6, 6.07) is 14.8. The van der Waals surface area contributed by atoms with Gasteiger partial charge in [-0.2, -0.15) is 15.3 Å². The zero-order chi connectivity index (χ0) is 17.8. The first-order valence-corrected chi connectivity index (χ1v) is 7.94. The molecule has 0 unspecified atom stereocenters. The molecule has 2 N–H and O–H groups in total. The van der Waals surface area contributed by atoms with E-state index in [0.29, 0.717) is 36.0 Å². The average molecular weight is 346 g/mol. The molecule has 3 aromatic rings. The second-order valence-corrected chi connectivity index (χ2v) is 5.43. The van der Waals surface area contributed by atoms with Crippen LogP contribution in [0.25, 0.3) is 0 Å². The SMILES string of the molecule is N#Cc1ccccc1Nc1nncc(Nc2ccc3c(c2)OCCO3)n1. The molecule has 128 valence electrons. The lowest BCUT2D eigenvalue weighted by molar-refractivity contribution is 0.171. The van der Waals surface area contributed by atoms with E-state index in [1.54, 1.807) is 18.2 Å². The van der Waals surface area contributed by atoms with Gasteiger partial charge in [0.2, 0.25) is 5.95 Å². The Hall–Kier alpha value is -3.86. The number of hydrogen-bond donors (Lipinski definition) is 2. The topological polar surface area (TPSA) is 105 Å². The molecule has 2 heterocycles. The first kappa shape index (κ1) is 15.7. The lowest BCUT2D eigenvalue weighted by atomic mass is 10.2. The molecule has 1 aliphatic heterocycles. The summed E-state index contributed by atoms with van der Waals surface area (Å²) < 4.78 is 11.1. The molecule has 0 fully saturated rings. The summed E-state index contributed by atoms with van der Waals surface area (Å²) in [7, 11) is 0. The largest absolute Gasteiger partial charge is 0.486 e. The van der Waals surface area contributed by atoms with Gasteiger partial charge >= 0.3 is 0 Å². The number of ether oxygens (including phenoxy) is 2.